The van der Waals surface area contributed by atoms with Crippen LogP contribution in [0.25, 0.3) is 0 Å². The second kappa shape index (κ2) is 16.6. The number of hydrogen-bond donors (Lipinski definition) is 1. The fraction of sp³-hybridized carbons (Fsp3) is 0.806. The standard InChI is InChI=1S/C26H46O2.C5H12/c1-19(2)12-11-14-21(5)13-9-10-16-26(8)17-15-24(20(3)4)25(28-26)23(7)22(6)18-27;1-4-5(2)3/h19,21,27H,3,9-18H2,1-2,4-8H3;5H,4H2,1-3H3/b23-22-;. The molecule has 33 heavy (non-hydrogen) atoms. The number of aliphatic hydroxyl groups excluding tert-OH is 1. The van der Waals surface area contributed by atoms with Gasteiger partial charge in [0.15, 0.2) is 0 Å². The Labute approximate surface area is 208 Å². The number of aliphatic hydroxyl groups is 1. The lowest BCUT2D eigenvalue weighted by Gasteiger charge is -2.38. The van der Waals surface area contributed by atoms with Gasteiger partial charge in [-0.1, -0.05) is 92.2 Å². The Bertz CT molecular complexity index is 623. The molecule has 0 aromatic heterocycles. The van der Waals surface area contributed by atoms with Crippen LogP contribution in [-0.2, 0) is 4.74 Å². The summed E-state index contributed by atoms with van der Waals surface area (Å²) in [5, 5.41) is 9.55. The first-order valence-electron chi connectivity index (χ1n) is 13.7. The predicted octanol–water partition coefficient (Wildman–Crippen LogP) is 9.79. The van der Waals surface area contributed by atoms with E-state index in [9.17, 15) is 5.11 Å². The topological polar surface area (TPSA) is 29.5 Å². The molecule has 0 spiro atoms. The Hall–Kier alpha value is -1.02. The second-order valence-electron chi connectivity index (χ2n) is 11.7. The predicted molar refractivity (Wildman–Crippen MR) is 147 cm³/mol. The zero-order chi connectivity index (χ0) is 25.6. The maximum Gasteiger partial charge on any atom is 0.126 e. The van der Waals surface area contributed by atoms with Gasteiger partial charge >= 0.3 is 0 Å². The third kappa shape index (κ3) is 13.5. The van der Waals surface area contributed by atoms with Gasteiger partial charge in [0, 0.05) is 0 Å². The molecule has 0 aliphatic carbocycles. The zero-order valence-electron chi connectivity index (χ0n) is 24.1. The van der Waals surface area contributed by atoms with Gasteiger partial charge in [-0.15, -0.1) is 0 Å². The summed E-state index contributed by atoms with van der Waals surface area (Å²) < 4.78 is 6.58. The van der Waals surface area contributed by atoms with Crippen LogP contribution in [0, 0.1) is 17.8 Å². The Morgan fingerprint density at radius 2 is 1.55 bits per heavy atom. The van der Waals surface area contributed by atoms with Crippen LogP contribution >= 0.6 is 0 Å². The van der Waals surface area contributed by atoms with Crippen molar-refractivity contribution in [2.75, 3.05) is 6.61 Å². The number of allylic oxidation sites excluding steroid dienone is 3. The van der Waals surface area contributed by atoms with Crippen molar-refractivity contribution in [1.29, 1.82) is 0 Å². The van der Waals surface area contributed by atoms with Crippen LogP contribution in [0.2, 0.25) is 0 Å². The molecule has 1 rings (SSSR count). The van der Waals surface area contributed by atoms with E-state index in [1.54, 1.807) is 0 Å². The van der Waals surface area contributed by atoms with Crippen molar-refractivity contribution in [3.8, 4) is 0 Å². The molecule has 0 fully saturated rings. The first-order chi connectivity index (χ1) is 15.4. The van der Waals surface area contributed by atoms with Crippen LogP contribution in [0.1, 0.15) is 133 Å². The minimum Gasteiger partial charge on any atom is -0.487 e. The molecule has 0 amide bonds. The van der Waals surface area contributed by atoms with Gasteiger partial charge in [0.25, 0.3) is 0 Å². The lowest BCUT2D eigenvalue weighted by atomic mass is 9.84. The van der Waals surface area contributed by atoms with Crippen molar-refractivity contribution in [2.24, 2.45) is 17.8 Å². The van der Waals surface area contributed by atoms with Crippen molar-refractivity contribution in [3.63, 3.8) is 0 Å². The molecule has 0 saturated heterocycles. The van der Waals surface area contributed by atoms with Crippen LogP contribution in [0.15, 0.2) is 34.6 Å². The minimum absolute atomic E-state index is 0.0770. The average Bonchev–Trinajstić information content (AvgIpc) is 2.75. The van der Waals surface area contributed by atoms with E-state index in [1.807, 2.05) is 6.92 Å². The second-order valence-corrected chi connectivity index (χ2v) is 11.7. The lowest BCUT2D eigenvalue weighted by Crippen LogP contribution is -2.33. The highest BCUT2D eigenvalue weighted by Crippen LogP contribution is 2.40. The summed E-state index contributed by atoms with van der Waals surface area (Å²) in [5.41, 5.74) is 4.25. The van der Waals surface area contributed by atoms with Gasteiger partial charge in [0.2, 0.25) is 0 Å². The zero-order valence-corrected chi connectivity index (χ0v) is 24.1. The molecule has 2 atom stereocenters. The fourth-order valence-electron chi connectivity index (χ4n) is 4.07. The molecule has 194 valence electrons. The molecular weight excluding hydrogens is 404 g/mol. The monoisotopic (exact) mass is 462 g/mol. The first-order valence-corrected chi connectivity index (χ1v) is 13.7. The van der Waals surface area contributed by atoms with E-state index in [0.29, 0.717) is 0 Å². The highest BCUT2D eigenvalue weighted by Gasteiger charge is 2.33. The smallest absolute Gasteiger partial charge is 0.126 e. The van der Waals surface area contributed by atoms with E-state index in [4.69, 9.17) is 4.74 Å². The van der Waals surface area contributed by atoms with Gasteiger partial charge in [-0.3, -0.25) is 0 Å². The summed E-state index contributed by atoms with van der Waals surface area (Å²) in [4.78, 5) is 0. The van der Waals surface area contributed by atoms with Crippen LogP contribution in [-0.4, -0.2) is 17.3 Å². The van der Waals surface area contributed by atoms with E-state index >= 15 is 0 Å². The van der Waals surface area contributed by atoms with Crippen LogP contribution < -0.4 is 0 Å². The normalized spacial score (nSPS) is 20.3. The summed E-state index contributed by atoms with van der Waals surface area (Å²) in [6.45, 7) is 26.3. The molecule has 2 unspecified atom stereocenters. The van der Waals surface area contributed by atoms with E-state index in [1.165, 1.54) is 50.5 Å². The van der Waals surface area contributed by atoms with E-state index < -0.39 is 0 Å². The Morgan fingerprint density at radius 3 is 2.03 bits per heavy atom. The highest BCUT2D eigenvalue weighted by atomic mass is 16.5. The van der Waals surface area contributed by atoms with Gasteiger partial charge in [-0.2, -0.15) is 0 Å². The third-order valence-corrected chi connectivity index (χ3v) is 7.21. The molecule has 2 nitrogen and oxygen atoms in total. The summed E-state index contributed by atoms with van der Waals surface area (Å²) in [5.74, 6) is 3.51. The molecule has 0 aromatic rings. The minimum atomic E-state index is -0.105. The average molecular weight is 463 g/mol. The Balaban J connectivity index is 0.00000184. The quantitative estimate of drug-likeness (QED) is 0.276. The molecule has 0 aromatic carbocycles. The first kappa shape index (κ1) is 32.0. The van der Waals surface area contributed by atoms with Crippen molar-refractivity contribution < 1.29 is 9.84 Å². The van der Waals surface area contributed by atoms with Crippen molar-refractivity contribution in [1.82, 2.24) is 0 Å². The Kier molecular flexibility index (Phi) is 16.1. The van der Waals surface area contributed by atoms with Crippen molar-refractivity contribution in [3.05, 3.63) is 34.6 Å². The van der Waals surface area contributed by atoms with Crippen LogP contribution in [0.4, 0.5) is 0 Å². The maximum absolute atomic E-state index is 9.55. The number of ether oxygens (including phenoxy) is 1. The summed E-state index contributed by atoms with van der Waals surface area (Å²) in [6.07, 6.45) is 12.4. The molecule has 2 heteroatoms. The number of hydrogen-bond acceptors (Lipinski definition) is 2. The van der Waals surface area contributed by atoms with E-state index in [2.05, 4.69) is 68.9 Å². The van der Waals surface area contributed by atoms with Crippen molar-refractivity contribution in [2.45, 2.75) is 139 Å². The summed E-state index contributed by atoms with van der Waals surface area (Å²) >= 11 is 0. The SMILES string of the molecule is C=C(C)C1=C(/C(C)=C(/C)CO)OC(C)(CCCCC(C)CCCC(C)C)CC1.CCC(C)C. The fourth-order valence-corrected chi connectivity index (χ4v) is 4.07. The highest BCUT2D eigenvalue weighted by molar-refractivity contribution is 5.42. The summed E-state index contributed by atoms with van der Waals surface area (Å²) in [6, 6.07) is 0. The van der Waals surface area contributed by atoms with Gasteiger partial charge in [0.1, 0.15) is 11.4 Å². The summed E-state index contributed by atoms with van der Waals surface area (Å²) in [7, 11) is 0. The van der Waals surface area contributed by atoms with E-state index in [0.717, 1.165) is 59.5 Å². The van der Waals surface area contributed by atoms with Gasteiger partial charge in [0.05, 0.1) is 6.61 Å². The molecule has 1 aliphatic rings. The third-order valence-electron chi connectivity index (χ3n) is 7.21. The van der Waals surface area contributed by atoms with Gasteiger partial charge < -0.3 is 9.84 Å². The maximum atomic E-state index is 9.55. The van der Waals surface area contributed by atoms with Crippen LogP contribution in [0.5, 0.6) is 0 Å². The molecule has 0 saturated carbocycles. The molecule has 1 heterocycles. The molecular formula is C31H58O2. The number of rotatable bonds is 13. The van der Waals surface area contributed by atoms with Crippen molar-refractivity contribution >= 4 is 0 Å². The largest absolute Gasteiger partial charge is 0.487 e. The Morgan fingerprint density at radius 1 is 0.970 bits per heavy atom. The van der Waals surface area contributed by atoms with E-state index in [-0.39, 0.29) is 12.2 Å². The molecule has 0 radical (unpaired) electrons. The van der Waals surface area contributed by atoms with Crippen LogP contribution in [0.3, 0.4) is 0 Å². The molecule has 0 bridgehead atoms. The molecule has 1 N–H and O–H groups in total. The molecule has 1 aliphatic heterocycles. The number of unbranched alkanes of at least 4 members (excludes halogenated alkanes) is 1. The lowest BCUT2D eigenvalue weighted by molar-refractivity contribution is -0.00787. The van der Waals surface area contributed by atoms with Gasteiger partial charge in [-0.05, 0) is 87.9 Å². The van der Waals surface area contributed by atoms with Gasteiger partial charge in [-0.25, -0.2) is 0 Å².